The van der Waals surface area contributed by atoms with E-state index in [1.165, 1.54) is 29.3 Å². The van der Waals surface area contributed by atoms with Crippen LogP contribution in [0.4, 0.5) is 0 Å². The van der Waals surface area contributed by atoms with Gasteiger partial charge in [0, 0.05) is 25.9 Å². The second kappa shape index (κ2) is 4.51. The molecule has 0 bridgehead atoms. The largest absolute Gasteiger partial charge is 0.364 e. The van der Waals surface area contributed by atoms with Crippen molar-refractivity contribution < 1.29 is 4.74 Å². The zero-order chi connectivity index (χ0) is 11.7. The van der Waals surface area contributed by atoms with Gasteiger partial charge < -0.3 is 14.6 Å². The molecule has 0 atom stereocenters. The highest BCUT2D eigenvalue weighted by molar-refractivity contribution is 5.83. The highest BCUT2D eigenvalue weighted by atomic mass is 16.5. The quantitative estimate of drug-likeness (QED) is 0.854. The van der Waals surface area contributed by atoms with Crippen LogP contribution >= 0.6 is 0 Å². The van der Waals surface area contributed by atoms with Crippen molar-refractivity contribution >= 4 is 10.9 Å². The summed E-state index contributed by atoms with van der Waals surface area (Å²) >= 11 is 0. The van der Waals surface area contributed by atoms with Crippen LogP contribution < -0.4 is 5.32 Å². The van der Waals surface area contributed by atoms with E-state index >= 15 is 0 Å². The van der Waals surface area contributed by atoms with Crippen LogP contribution in [0.1, 0.15) is 18.4 Å². The average Bonchev–Trinajstić information content (AvgIpc) is 3.09. The fraction of sp³-hybridized carbons (Fsp3) is 0.429. The van der Waals surface area contributed by atoms with E-state index in [2.05, 4.69) is 40.3 Å². The SMILES string of the molecule is COCn1ccc2cccc(CNC3CC3)c21. The maximum atomic E-state index is 5.23. The van der Waals surface area contributed by atoms with Crippen LogP contribution in [0.15, 0.2) is 30.5 Å². The van der Waals surface area contributed by atoms with E-state index in [1.54, 1.807) is 7.11 Å². The number of rotatable bonds is 5. The molecule has 2 aromatic rings. The molecule has 0 spiro atoms. The van der Waals surface area contributed by atoms with Gasteiger partial charge in [0.15, 0.2) is 0 Å². The standard InChI is InChI=1S/C14H18N2O/c1-17-10-16-8-7-11-3-2-4-12(14(11)16)9-15-13-5-6-13/h2-4,7-8,13,15H,5-6,9-10H2,1H3. The fourth-order valence-electron chi connectivity index (χ4n) is 2.27. The topological polar surface area (TPSA) is 26.2 Å². The Morgan fingerprint density at radius 1 is 1.35 bits per heavy atom. The zero-order valence-electron chi connectivity index (χ0n) is 10.1. The van der Waals surface area contributed by atoms with E-state index in [1.807, 2.05) is 0 Å². The first-order valence-corrected chi connectivity index (χ1v) is 6.17. The maximum absolute atomic E-state index is 5.23. The van der Waals surface area contributed by atoms with Crippen LogP contribution in [-0.4, -0.2) is 17.7 Å². The normalized spacial score (nSPS) is 15.6. The summed E-state index contributed by atoms with van der Waals surface area (Å²) in [7, 11) is 1.73. The Kier molecular flexibility index (Phi) is 2.87. The third-order valence-electron chi connectivity index (χ3n) is 3.30. The zero-order valence-corrected chi connectivity index (χ0v) is 10.1. The summed E-state index contributed by atoms with van der Waals surface area (Å²) in [5.74, 6) is 0. The second-order valence-corrected chi connectivity index (χ2v) is 4.71. The number of ether oxygens (including phenoxy) is 1. The minimum absolute atomic E-state index is 0.615. The number of para-hydroxylation sites is 1. The van der Waals surface area contributed by atoms with Crippen molar-refractivity contribution in [1.82, 2.24) is 9.88 Å². The maximum Gasteiger partial charge on any atom is 0.122 e. The van der Waals surface area contributed by atoms with E-state index < -0.39 is 0 Å². The molecule has 1 fully saturated rings. The Bertz CT molecular complexity index is 514. The lowest BCUT2D eigenvalue weighted by Gasteiger charge is -2.09. The Balaban J connectivity index is 1.93. The molecule has 90 valence electrons. The van der Waals surface area contributed by atoms with Crippen molar-refractivity contribution in [1.29, 1.82) is 0 Å². The van der Waals surface area contributed by atoms with Crippen molar-refractivity contribution in [3.63, 3.8) is 0 Å². The Hall–Kier alpha value is -1.32. The predicted octanol–water partition coefficient (Wildman–Crippen LogP) is 2.50. The molecule has 0 saturated heterocycles. The molecular formula is C14H18N2O. The molecular weight excluding hydrogens is 212 g/mol. The van der Waals surface area contributed by atoms with Crippen molar-refractivity contribution in [2.75, 3.05) is 7.11 Å². The monoisotopic (exact) mass is 230 g/mol. The smallest absolute Gasteiger partial charge is 0.122 e. The van der Waals surface area contributed by atoms with Crippen molar-refractivity contribution in [3.8, 4) is 0 Å². The van der Waals surface area contributed by atoms with Crippen LogP contribution in [0.5, 0.6) is 0 Å². The van der Waals surface area contributed by atoms with Gasteiger partial charge in [-0.15, -0.1) is 0 Å². The summed E-state index contributed by atoms with van der Waals surface area (Å²) in [6, 6.07) is 9.38. The molecule has 0 radical (unpaired) electrons. The predicted molar refractivity (Wildman–Crippen MR) is 68.8 cm³/mol. The second-order valence-electron chi connectivity index (χ2n) is 4.71. The van der Waals surface area contributed by atoms with E-state index in [9.17, 15) is 0 Å². The van der Waals surface area contributed by atoms with Crippen molar-refractivity contribution in [2.24, 2.45) is 0 Å². The minimum Gasteiger partial charge on any atom is -0.364 e. The summed E-state index contributed by atoms with van der Waals surface area (Å²) in [6.07, 6.45) is 4.75. The van der Waals surface area contributed by atoms with Crippen LogP contribution in [-0.2, 0) is 18.0 Å². The molecule has 1 heterocycles. The van der Waals surface area contributed by atoms with Gasteiger partial charge in [-0.1, -0.05) is 18.2 Å². The molecule has 0 aliphatic heterocycles. The molecule has 3 heteroatoms. The average molecular weight is 230 g/mol. The summed E-state index contributed by atoms with van der Waals surface area (Å²) in [5, 5.41) is 4.86. The molecule has 1 aromatic heterocycles. The van der Waals surface area contributed by atoms with E-state index in [4.69, 9.17) is 4.74 Å². The number of aromatic nitrogens is 1. The van der Waals surface area contributed by atoms with Gasteiger partial charge in [-0.25, -0.2) is 0 Å². The summed E-state index contributed by atoms with van der Waals surface area (Å²) in [5.41, 5.74) is 2.65. The van der Waals surface area contributed by atoms with Gasteiger partial charge in [-0.05, 0) is 29.9 Å². The molecule has 0 unspecified atom stereocenters. The molecule has 1 N–H and O–H groups in total. The van der Waals surface area contributed by atoms with Crippen LogP contribution in [0, 0.1) is 0 Å². The van der Waals surface area contributed by atoms with Crippen molar-refractivity contribution in [2.45, 2.75) is 32.2 Å². The molecule has 1 aromatic carbocycles. The van der Waals surface area contributed by atoms with Gasteiger partial charge in [-0.2, -0.15) is 0 Å². The lowest BCUT2D eigenvalue weighted by atomic mass is 10.1. The Morgan fingerprint density at radius 3 is 3.00 bits per heavy atom. The van der Waals surface area contributed by atoms with Crippen LogP contribution in [0.25, 0.3) is 10.9 Å². The number of nitrogens with one attached hydrogen (secondary N) is 1. The number of nitrogens with zero attached hydrogens (tertiary/aromatic N) is 1. The van der Waals surface area contributed by atoms with Gasteiger partial charge >= 0.3 is 0 Å². The number of fused-ring (bicyclic) bond motifs is 1. The molecule has 0 amide bonds. The first-order chi connectivity index (χ1) is 8.38. The van der Waals surface area contributed by atoms with Gasteiger partial charge in [0.25, 0.3) is 0 Å². The Labute approximate surface area is 101 Å². The number of hydrogen-bond donors (Lipinski definition) is 1. The van der Waals surface area contributed by atoms with Gasteiger partial charge in [0.05, 0.1) is 5.52 Å². The summed E-state index contributed by atoms with van der Waals surface area (Å²) < 4.78 is 7.40. The third kappa shape index (κ3) is 2.21. The lowest BCUT2D eigenvalue weighted by molar-refractivity contribution is 0.135. The van der Waals surface area contributed by atoms with Gasteiger partial charge in [-0.3, -0.25) is 0 Å². The number of methoxy groups -OCH3 is 1. The van der Waals surface area contributed by atoms with Crippen LogP contribution in [0.3, 0.4) is 0 Å². The van der Waals surface area contributed by atoms with E-state index in [-0.39, 0.29) is 0 Å². The first-order valence-electron chi connectivity index (χ1n) is 6.17. The molecule has 1 aliphatic rings. The fourth-order valence-corrected chi connectivity index (χ4v) is 2.27. The highest BCUT2D eigenvalue weighted by Gasteiger charge is 2.20. The molecule has 3 nitrogen and oxygen atoms in total. The van der Waals surface area contributed by atoms with E-state index in [0.717, 1.165) is 12.6 Å². The molecule has 1 aliphatic carbocycles. The molecule has 3 rings (SSSR count). The number of hydrogen-bond acceptors (Lipinski definition) is 2. The molecule has 1 saturated carbocycles. The third-order valence-corrected chi connectivity index (χ3v) is 3.30. The molecule has 17 heavy (non-hydrogen) atoms. The highest BCUT2D eigenvalue weighted by Crippen LogP contribution is 2.23. The summed E-state index contributed by atoms with van der Waals surface area (Å²) in [6.45, 7) is 1.57. The summed E-state index contributed by atoms with van der Waals surface area (Å²) in [4.78, 5) is 0. The van der Waals surface area contributed by atoms with Gasteiger partial charge in [0.1, 0.15) is 6.73 Å². The van der Waals surface area contributed by atoms with Crippen LogP contribution in [0.2, 0.25) is 0 Å². The first kappa shape index (κ1) is 10.8. The number of benzene rings is 1. The van der Waals surface area contributed by atoms with Crippen molar-refractivity contribution in [3.05, 3.63) is 36.0 Å². The van der Waals surface area contributed by atoms with E-state index in [0.29, 0.717) is 6.73 Å². The lowest BCUT2D eigenvalue weighted by Crippen LogP contribution is -2.16. The minimum atomic E-state index is 0.615. The Morgan fingerprint density at radius 2 is 2.24 bits per heavy atom. The van der Waals surface area contributed by atoms with Gasteiger partial charge in [0.2, 0.25) is 0 Å².